The zero-order valence-electron chi connectivity index (χ0n) is 22.6. The molecular formula is C35H29BO2S. The maximum Gasteiger partial charge on any atom is 0.494 e. The maximum absolute atomic E-state index is 6.46. The van der Waals surface area contributed by atoms with E-state index in [1.807, 2.05) is 11.8 Å². The molecule has 5 aromatic carbocycles. The van der Waals surface area contributed by atoms with E-state index in [1.165, 1.54) is 53.9 Å². The van der Waals surface area contributed by atoms with Crippen LogP contribution in [0, 0.1) is 0 Å². The molecule has 0 aromatic heterocycles. The van der Waals surface area contributed by atoms with E-state index in [4.69, 9.17) is 9.31 Å². The molecule has 2 heterocycles. The van der Waals surface area contributed by atoms with Gasteiger partial charge in [-0.1, -0.05) is 103 Å². The smallest absolute Gasteiger partial charge is 0.399 e. The van der Waals surface area contributed by atoms with Gasteiger partial charge in [0.15, 0.2) is 0 Å². The monoisotopic (exact) mass is 524 g/mol. The number of hydrogen-bond acceptors (Lipinski definition) is 3. The van der Waals surface area contributed by atoms with Crippen LogP contribution in [0.3, 0.4) is 0 Å². The first-order chi connectivity index (χ1) is 18.8. The Hall–Kier alpha value is -3.31. The summed E-state index contributed by atoms with van der Waals surface area (Å²) in [7, 11) is -0.388. The van der Waals surface area contributed by atoms with E-state index in [1.54, 1.807) is 0 Å². The van der Waals surface area contributed by atoms with Crippen molar-refractivity contribution in [3.8, 4) is 11.1 Å². The third kappa shape index (κ3) is 3.03. The van der Waals surface area contributed by atoms with Crippen LogP contribution in [-0.2, 0) is 14.7 Å². The largest absolute Gasteiger partial charge is 0.494 e. The van der Waals surface area contributed by atoms with Crippen molar-refractivity contribution in [2.75, 3.05) is 0 Å². The van der Waals surface area contributed by atoms with E-state index in [-0.39, 0.29) is 23.7 Å². The van der Waals surface area contributed by atoms with Gasteiger partial charge >= 0.3 is 7.12 Å². The van der Waals surface area contributed by atoms with Crippen LogP contribution in [-0.4, -0.2) is 18.3 Å². The Kier molecular flexibility index (Phi) is 4.76. The van der Waals surface area contributed by atoms with Crippen LogP contribution >= 0.6 is 11.8 Å². The van der Waals surface area contributed by atoms with E-state index in [0.717, 1.165) is 5.46 Å². The van der Waals surface area contributed by atoms with Gasteiger partial charge in [0, 0.05) is 9.79 Å². The van der Waals surface area contributed by atoms with Crippen molar-refractivity contribution in [3.05, 3.63) is 125 Å². The number of hydrogen-bond donors (Lipinski definition) is 0. The first-order valence-electron chi connectivity index (χ1n) is 13.7. The van der Waals surface area contributed by atoms with E-state index in [0.29, 0.717) is 0 Å². The lowest BCUT2D eigenvalue weighted by atomic mass is 9.66. The first-order valence-corrected chi connectivity index (χ1v) is 14.5. The van der Waals surface area contributed by atoms with Crippen LogP contribution in [0.1, 0.15) is 49.9 Å². The molecule has 5 aromatic rings. The minimum Gasteiger partial charge on any atom is -0.399 e. The number of rotatable bonds is 1. The lowest BCUT2D eigenvalue weighted by Gasteiger charge is -2.40. The fourth-order valence-electron chi connectivity index (χ4n) is 6.82. The zero-order chi connectivity index (χ0) is 26.6. The molecule has 0 saturated carbocycles. The van der Waals surface area contributed by atoms with Crippen molar-refractivity contribution in [1.29, 1.82) is 0 Å². The van der Waals surface area contributed by atoms with Crippen LogP contribution in [0.4, 0.5) is 0 Å². The summed E-state index contributed by atoms with van der Waals surface area (Å²) in [6, 6.07) is 38.3. The maximum atomic E-state index is 6.46. The Balaban J connectivity index is 1.42. The molecule has 0 N–H and O–H groups in total. The minimum atomic E-state index is -0.388. The predicted octanol–water partition coefficient (Wildman–Crippen LogP) is 7.97. The molecule has 1 aliphatic carbocycles. The molecule has 1 atom stereocenters. The Morgan fingerprint density at radius 2 is 1.23 bits per heavy atom. The zero-order valence-corrected chi connectivity index (χ0v) is 23.4. The van der Waals surface area contributed by atoms with E-state index >= 15 is 0 Å². The normalized spacial score (nSPS) is 21.5. The molecule has 2 aliphatic heterocycles. The summed E-state index contributed by atoms with van der Waals surface area (Å²) in [4.78, 5) is 2.56. The third-order valence-electron chi connectivity index (χ3n) is 9.38. The second-order valence-electron chi connectivity index (χ2n) is 11.9. The number of fused-ring (bicyclic) bond motifs is 11. The van der Waals surface area contributed by atoms with Crippen LogP contribution in [0.5, 0.6) is 0 Å². The van der Waals surface area contributed by atoms with Gasteiger partial charge in [-0.05, 0) is 89.4 Å². The Morgan fingerprint density at radius 3 is 2.05 bits per heavy atom. The quantitative estimate of drug-likeness (QED) is 0.203. The van der Waals surface area contributed by atoms with Gasteiger partial charge in [-0.2, -0.15) is 0 Å². The van der Waals surface area contributed by atoms with Crippen molar-refractivity contribution in [3.63, 3.8) is 0 Å². The molecule has 39 heavy (non-hydrogen) atoms. The van der Waals surface area contributed by atoms with E-state index in [2.05, 4.69) is 131 Å². The summed E-state index contributed by atoms with van der Waals surface area (Å²) < 4.78 is 12.9. The molecule has 4 heteroatoms. The second kappa shape index (κ2) is 7.88. The van der Waals surface area contributed by atoms with Crippen molar-refractivity contribution < 1.29 is 9.31 Å². The summed E-state index contributed by atoms with van der Waals surface area (Å²) in [5.41, 5.74) is 8.01. The van der Waals surface area contributed by atoms with Crippen LogP contribution in [0.15, 0.2) is 113 Å². The van der Waals surface area contributed by atoms with Gasteiger partial charge in [0.05, 0.1) is 16.6 Å². The van der Waals surface area contributed by atoms with Crippen molar-refractivity contribution >= 4 is 35.1 Å². The number of benzene rings is 5. The Morgan fingerprint density at radius 1 is 0.590 bits per heavy atom. The highest BCUT2D eigenvalue weighted by molar-refractivity contribution is 7.99. The summed E-state index contributed by atoms with van der Waals surface area (Å²) in [5, 5.41) is 2.59. The van der Waals surface area contributed by atoms with Crippen molar-refractivity contribution in [2.24, 2.45) is 0 Å². The van der Waals surface area contributed by atoms with Gasteiger partial charge in [0.2, 0.25) is 0 Å². The van der Waals surface area contributed by atoms with Crippen LogP contribution in [0.25, 0.3) is 21.9 Å². The average Bonchev–Trinajstić information content (AvgIpc) is 3.36. The average molecular weight is 524 g/mol. The van der Waals surface area contributed by atoms with Crippen molar-refractivity contribution in [2.45, 2.75) is 54.1 Å². The Labute approximate surface area is 234 Å². The topological polar surface area (TPSA) is 18.5 Å². The van der Waals surface area contributed by atoms with E-state index < -0.39 is 0 Å². The lowest BCUT2D eigenvalue weighted by Crippen LogP contribution is -2.41. The summed E-state index contributed by atoms with van der Waals surface area (Å²) in [6.45, 7) is 8.45. The second-order valence-corrected chi connectivity index (χ2v) is 13.0. The van der Waals surface area contributed by atoms with Gasteiger partial charge < -0.3 is 9.31 Å². The standard InChI is InChI=1S/C35H29BO2S/c1-33(2)34(3,4)38-36(37-33)23-18-20-28-31(21-23)39-30-16-10-9-15-27(30)35(28)26-14-8-7-13-25(26)32-24-12-6-5-11-22(24)17-19-29(32)35/h5-21H,1-4H3. The summed E-state index contributed by atoms with van der Waals surface area (Å²) in [6.07, 6.45) is 0. The fraction of sp³-hybridized carbons (Fsp3) is 0.200. The molecule has 0 radical (unpaired) electrons. The van der Waals surface area contributed by atoms with Crippen LogP contribution < -0.4 is 5.46 Å². The lowest BCUT2D eigenvalue weighted by molar-refractivity contribution is 0.00578. The van der Waals surface area contributed by atoms with Gasteiger partial charge in [0.25, 0.3) is 0 Å². The summed E-state index contributed by atoms with van der Waals surface area (Å²) >= 11 is 1.86. The molecular weight excluding hydrogens is 495 g/mol. The Bertz CT molecular complexity index is 1810. The molecule has 2 nitrogen and oxygen atoms in total. The highest BCUT2D eigenvalue weighted by Crippen LogP contribution is 2.62. The third-order valence-corrected chi connectivity index (χ3v) is 10.5. The molecule has 8 rings (SSSR count). The molecule has 1 unspecified atom stereocenters. The van der Waals surface area contributed by atoms with Crippen molar-refractivity contribution in [1.82, 2.24) is 0 Å². The highest BCUT2D eigenvalue weighted by atomic mass is 32.2. The van der Waals surface area contributed by atoms with Gasteiger partial charge in [-0.15, -0.1) is 0 Å². The summed E-state index contributed by atoms with van der Waals surface area (Å²) in [5.74, 6) is 0. The fourth-order valence-corrected chi connectivity index (χ4v) is 8.06. The molecule has 3 aliphatic rings. The van der Waals surface area contributed by atoms with Gasteiger partial charge in [-0.25, -0.2) is 0 Å². The molecule has 1 saturated heterocycles. The molecule has 190 valence electrons. The first kappa shape index (κ1) is 23.6. The SMILES string of the molecule is CC1(C)OB(c2ccc3c(c2)Sc2ccccc2C32c3ccccc3-c3c2ccc2ccccc32)OC1(C)C. The highest BCUT2D eigenvalue weighted by Gasteiger charge is 2.53. The molecule has 0 amide bonds. The van der Waals surface area contributed by atoms with Gasteiger partial charge in [0.1, 0.15) is 0 Å². The molecule has 0 bridgehead atoms. The minimum absolute atomic E-state index is 0.376. The predicted molar refractivity (Wildman–Crippen MR) is 161 cm³/mol. The molecule has 1 spiro atoms. The molecule has 1 fully saturated rings. The van der Waals surface area contributed by atoms with E-state index in [9.17, 15) is 0 Å². The van der Waals surface area contributed by atoms with Crippen LogP contribution in [0.2, 0.25) is 0 Å². The van der Waals surface area contributed by atoms with Gasteiger partial charge in [-0.3, -0.25) is 0 Å².